The molecule has 0 unspecified atom stereocenters. The molecule has 1 heterocycles. The summed E-state index contributed by atoms with van der Waals surface area (Å²) in [6, 6.07) is 2.10. The van der Waals surface area contributed by atoms with Crippen LogP contribution in [0.5, 0.6) is 0 Å². The summed E-state index contributed by atoms with van der Waals surface area (Å²) in [5.41, 5.74) is 2.21. The minimum absolute atomic E-state index is 0.456. The van der Waals surface area contributed by atoms with Crippen molar-refractivity contribution >= 4 is 15.9 Å². The molecule has 1 saturated carbocycles. The van der Waals surface area contributed by atoms with Crippen LogP contribution in [-0.4, -0.2) is 10.2 Å². The van der Waals surface area contributed by atoms with Crippen LogP contribution in [0.4, 0.5) is 0 Å². The van der Waals surface area contributed by atoms with Crippen molar-refractivity contribution in [1.29, 1.82) is 0 Å². The third-order valence-corrected chi connectivity index (χ3v) is 2.98. The molecule has 13 heavy (non-hydrogen) atoms. The molecule has 1 fully saturated rings. The lowest BCUT2D eigenvalue weighted by molar-refractivity contribution is 0.762. The van der Waals surface area contributed by atoms with Crippen LogP contribution in [-0.2, 0) is 0 Å². The van der Waals surface area contributed by atoms with Crippen LogP contribution in [0.2, 0.25) is 0 Å². The monoisotopic (exact) mass is 240 g/mol. The Kier molecular flexibility index (Phi) is 2.37. The van der Waals surface area contributed by atoms with E-state index in [-0.39, 0.29) is 0 Å². The highest BCUT2D eigenvalue weighted by Crippen LogP contribution is 2.42. The first-order valence-corrected chi connectivity index (χ1v) is 5.51. The lowest BCUT2D eigenvalue weighted by Crippen LogP contribution is -1.99. The van der Waals surface area contributed by atoms with Gasteiger partial charge >= 0.3 is 0 Å². The van der Waals surface area contributed by atoms with E-state index < -0.39 is 0 Å². The van der Waals surface area contributed by atoms with Crippen LogP contribution in [0.25, 0.3) is 0 Å². The Morgan fingerprint density at radius 2 is 2.08 bits per heavy atom. The van der Waals surface area contributed by atoms with E-state index in [0.29, 0.717) is 11.8 Å². The zero-order valence-corrected chi connectivity index (χ0v) is 9.50. The summed E-state index contributed by atoms with van der Waals surface area (Å²) < 4.78 is 1.13. The normalized spacial score (nSPS) is 16.6. The number of nitrogens with zero attached hydrogens (tertiary/aromatic N) is 2. The quantitative estimate of drug-likeness (QED) is 0.794. The molecule has 1 aliphatic carbocycles. The van der Waals surface area contributed by atoms with Crippen molar-refractivity contribution in [3.05, 3.63) is 21.9 Å². The van der Waals surface area contributed by atoms with Gasteiger partial charge in [-0.25, -0.2) is 0 Å². The standard InChI is InChI=1S/C10H13BrN2/c1-6(2)9-5-8(11)10(13-12-9)7-3-4-7/h5-7H,3-4H2,1-2H3. The SMILES string of the molecule is CC(C)c1cc(Br)c(C2CC2)nn1. The van der Waals surface area contributed by atoms with Crippen LogP contribution in [0.3, 0.4) is 0 Å². The second-order valence-corrected chi connectivity index (χ2v) is 4.79. The Labute approximate surface area is 86.9 Å². The molecule has 0 aromatic carbocycles. The van der Waals surface area contributed by atoms with Crippen molar-refractivity contribution in [1.82, 2.24) is 10.2 Å². The van der Waals surface area contributed by atoms with Crippen molar-refractivity contribution in [3.8, 4) is 0 Å². The van der Waals surface area contributed by atoms with Gasteiger partial charge in [0.05, 0.1) is 11.4 Å². The lowest BCUT2D eigenvalue weighted by Gasteiger charge is -2.06. The van der Waals surface area contributed by atoms with Gasteiger partial charge in [0.2, 0.25) is 0 Å². The number of hydrogen-bond acceptors (Lipinski definition) is 2. The molecule has 1 aliphatic rings. The molecule has 0 bridgehead atoms. The average Bonchev–Trinajstić information content (AvgIpc) is 2.87. The highest BCUT2D eigenvalue weighted by Gasteiger charge is 2.27. The molecule has 0 amide bonds. The third kappa shape index (κ3) is 1.90. The van der Waals surface area contributed by atoms with Gasteiger partial charge in [-0.1, -0.05) is 13.8 Å². The third-order valence-electron chi connectivity index (χ3n) is 2.35. The fraction of sp³-hybridized carbons (Fsp3) is 0.600. The molecule has 0 spiro atoms. The van der Waals surface area contributed by atoms with Crippen LogP contribution in [0.1, 0.15) is 49.9 Å². The lowest BCUT2D eigenvalue weighted by atomic mass is 10.1. The summed E-state index contributed by atoms with van der Waals surface area (Å²) in [6.45, 7) is 4.26. The molecule has 0 saturated heterocycles. The van der Waals surface area contributed by atoms with Gasteiger partial charge in [0.25, 0.3) is 0 Å². The van der Waals surface area contributed by atoms with Gasteiger partial charge in [0.15, 0.2) is 0 Å². The van der Waals surface area contributed by atoms with E-state index in [1.807, 2.05) is 0 Å². The molecule has 0 aliphatic heterocycles. The first kappa shape index (κ1) is 9.13. The first-order chi connectivity index (χ1) is 6.18. The summed E-state index contributed by atoms with van der Waals surface area (Å²) in [6.07, 6.45) is 2.54. The first-order valence-electron chi connectivity index (χ1n) is 4.71. The van der Waals surface area contributed by atoms with E-state index in [9.17, 15) is 0 Å². The van der Waals surface area contributed by atoms with Crippen molar-refractivity contribution < 1.29 is 0 Å². The molecule has 3 heteroatoms. The molecular weight excluding hydrogens is 228 g/mol. The summed E-state index contributed by atoms with van der Waals surface area (Å²) in [5, 5.41) is 8.48. The highest BCUT2D eigenvalue weighted by molar-refractivity contribution is 9.10. The van der Waals surface area contributed by atoms with E-state index in [1.165, 1.54) is 12.8 Å². The summed E-state index contributed by atoms with van der Waals surface area (Å²) in [4.78, 5) is 0. The minimum Gasteiger partial charge on any atom is -0.155 e. The van der Waals surface area contributed by atoms with E-state index >= 15 is 0 Å². The Bertz CT molecular complexity index is 319. The largest absolute Gasteiger partial charge is 0.155 e. The number of aromatic nitrogens is 2. The van der Waals surface area contributed by atoms with Crippen LogP contribution in [0.15, 0.2) is 10.5 Å². The Morgan fingerprint density at radius 1 is 1.38 bits per heavy atom. The number of rotatable bonds is 2. The van der Waals surface area contributed by atoms with Crippen molar-refractivity contribution in [2.45, 2.75) is 38.5 Å². The molecular formula is C10H13BrN2. The van der Waals surface area contributed by atoms with Crippen LogP contribution < -0.4 is 0 Å². The second kappa shape index (κ2) is 3.37. The molecule has 1 aromatic heterocycles. The van der Waals surface area contributed by atoms with Crippen LogP contribution >= 0.6 is 15.9 Å². The number of hydrogen-bond donors (Lipinski definition) is 0. The molecule has 0 atom stereocenters. The van der Waals surface area contributed by atoms with Crippen molar-refractivity contribution in [2.24, 2.45) is 0 Å². The van der Waals surface area contributed by atoms with Crippen LogP contribution in [0, 0.1) is 0 Å². The van der Waals surface area contributed by atoms with Gasteiger partial charge in [0.1, 0.15) is 0 Å². The molecule has 0 radical (unpaired) electrons. The average molecular weight is 241 g/mol. The van der Waals surface area contributed by atoms with Gasteiger partial charge in [-0.2, -0.15) is 10.2 Å². The summed E-state index contributed by atoms with van der Waals surface area (Å²) >= 11 is 3.55. The molecule has 2 nitrogen and oxygen atoms in total. The van der Waals surface area contributed by atoms with Gasteiger partial charge in [-0.3, -0.25) is 0 Å². The molecule has 0 N–H and O–H groups in total. The smallest absolute Gasteiger partial charge is 0.0803 e. The van der Waals surface area contributed by atoms with Crippen molar-refractivity contribution in [2.75, 3.05) is 0 Å². The zero-order valence-electron chi connectivity index (χ0n) is 7.92. The molecule has 70 valence electrons. The maximum absolute atomic E-state index is 4.26. The molecule has 1 aromatic rings. The summed E-state index contributed by atoms with van der Waals surface area (Å²) in [7, 11) is 0. The topological polar surface area (TPSA) is 25.8 Å². The van der Waals surface area contributed by atoms with E-state index in [2.05, 4.69) is 46.0 Å². The maximum atomic E-state index is 4.26. The van der Waals surface area contributed by atoms with Gasteiger partial charge in [0, 0.05) is 10.4 Å². The predicted octanol–water partition coefficient (Wildman–Crippen LogP) is 3.24. The molecule has 2 rings (SSSR count). The van der Waals surface area contributed by atoms with E-state index in [0.717, 1.165) is 15.9 Å². The van der Waals surface area contributed by atoms with E-state index in [1.54, 1.807) is 0 Å². The Hall–Kier alpha value is -0.440. The van der Waals surface area contributed by atoms with Crippen molar-refractivity contribution in [3.63, 3.8) is 0 Å². The van der Waals surface area contributed by atoms with E-state index in [4.69, 9.17) is 0 Å². The van der Waals surface area contributed by atoms with Gasteiger partial charge in [-0.05, 0) is 40.8 Å². The predicted molar refractivity (Wildman–Crippen MR) is 55.8 cm³/mol. The minimum atomic E-state index is 0.456. The maximum Gasteiger partial charge on any atom is 0.0803 e. The number of halogens is 1. The van der Waals surface area contributed by atoms with Gasteiger partial charge < -0.3 is 0 Å². The Morgan fingerprint density at radius 3 is 2.54 bits per heavy atom. The zero-order chi connectivity index (χ0) is 9.42. The Balaban J connectivity index is 2.31. The fourth-order valence-corrected chi connectivity index (χ4v) is 1.95. The summed E-state index contributed by atoms with van der Waals surface area (Å²) in [5.74, 6) is 1.13. The fourth-order valence-electron chi connectivity index (χ4n) is 1.31. The second-order valence-electron chi connectivity index (χ2n) is 3.93. The highest BCUT2D eigenvalue weighted by atomic mass is 79.9. The van der Waals surface area contributed by atoms with Gasteiger partial charge in [-0.15, -0.1) is 0 Å².